The molecule has 5 atom stereocenters. The molecule has 4 heteroatoms. The Morgan fingerprint density at radius 1 is 1.40 bits per heavy atom. The van der Waals surface area contributed by atoms with Gasteiger partial charge in [-0.1, -0.05) is 45.8 Å². The topological polar surface area (TPSA) is 49.8 Å². The largest absolute Gasteiger partial charge is 0.392 e. The van der Waals surface area contributed by atoms with Crippen molar-refractivity contribution in [1.29, 1.82) is 0 Å². The van der Waals surface area contributed by atoms with Crippen molar-refractivity contribution in [3.8, 4) is 0 Å². The lowest BCUT2D eigenvalue weighted by molar-refractivity contribution is -0.177. The molecule has 0 radical (unpaired) electrons. The third kappa shape index (κ3) is 3.80. The Morgan fingerprint density at radius 3 is 2.64 bits per heavy atom. The van der Waals surface area contributed by atoms with E-state index in [-0.39, 0.29) is 11.3 Å². The Morgan fingerprint density at radius 2 is 2.04 bits per heavy atom. The predicted molar refractivity (Wildman–Crippen MR) is 101 cm³/mol. The van der Waals surface area contributed by atoms with Crippen LogP contribution in [0.5, 0.6) is 0 Å². The van der Waals surface area contributed by atoms with E-state index in [1.165, 1.54) is 37.0 Å². The Bertz CT molecular complexity index is 527. The summed E-state index contributed by atoms with van der Waals surface area (Å²) < 4.78 is 0. The summed E-state index contributed by atoms with van der Waals surface area (Å²) in [5, 5.41) is 12.0. The van der Waals surface area contributed by atoms with Crippen LogP contribution in [0.1, 0.15) is 66.7 Å². The SMILES string of the molecule is CON(C)C(=O)[C@@H](C)[C@H](O)C[C@H]1C(C)=CC[C@H]2C(C)(C)CCC[C@]12C. The van der Waals surface area contributed by atoms with Crippen molar-refractivity contribution in [2.75, 3.05) is 14.2 Å². The van der Waals surface area contributed by atoms with Crippen LogP contribution in [-0.4, -0.2) is 36.3 Å². The molecule has 0 unspecified atom stereocenters. The van der Waals surface area contributed by atoms with Crippen LogP contribution < -0.4 is 0 Å². The number of hydrogen-bond acceptors (Lipinski definition) is 3. The van der Waals surface area contributed by atoms with E-state index < -0.39 is 12.0 Å². The molecule has 0 aromatic rings. The number of nitrogens with zero attached hydrogens (tertiary/aromatic N) is 1. The molecule has 2 aliphatic rings. The standard InChI is InChI=1S/C21H37NO3/c1-14-9-10-18-20(3,4)11-8-12-21(18,5)16(14)13-17(23)15(2)19(24)22(6)25-7/h9,15-18,23H,8,10-13H2,1-7H3/t15-,16-,17+,18-,21+/m0/s1. The van der Waals surface area contributed by atoms with Gasteiger partial charge in [0.1, 0.15) is 0 Å². The molecule has 0 saturated heterocycles. The lowest BCUT2D eigenvalue weighted by atomic mass is 9.48. The summed E-state index contributed by atoms with van der Waals surface area (Å²) in [5.41, 5.74) is 1.93. The van der Waals surface area contributed by atoms with Crippen molar-refractivity contribution in [3.05, 3.63) is 11.6 Å². The van der Waals surface area contributed by atoms with E-state index in [1.807, 2.05) is 0 Å². The molecule has 1 saturated carbocycles. The normalized spacial score (nSPS) is 33.8. The van der Waals surface area contributed by atoms with E-state index >= 15 is 0 Å². The van der Waals surface area contributed by atoms with E-state index in [1.54, 1.807) is 14.0 Å². The first-order valence-corrected chi connectivity index (χ1v) is 9.71. The quantitative estimate of drug-likeness (QED) is 0.597. The van der Waals surface area contributed by atoms with Crippen LogP contribution in [0.4, 0.5) is 0 Å². The summed E-state index contributed by atoms with van der Waals surface area (Å²) in [7, 11) is 3.07. The van der Waals surface area contributed by atoms with E-state index in [2.05, 4.69) is 33.8 Å². The third-order valence-electron chi connectivity index (χ3n) is 7.33. The molecule has 1 amide bonds. The lowest BCUT2D eigenvalue weighted by Gasteiger charge is -2.57. The minimum atomic E-state index is -0.654. The van der Waals surface area contributed by atoms with Gasteiger partial charge in [-0.3, -0.25) is 9.63 Å². The van der Waals surface area contributed by atoms with Crippen LogP contribution in [0.15, 0.2) is 11.6 Å². The molecule has 25 heavy (non-hydrogen) atoms. The zero-order valence-corrected chi connectivity index (χ0v) is 17.1. The highest BCUT2D eigenvalue weighted by atomic mass is 16.7. The van der Waals surface area contributed by atoms with Gasteiger partial charge in [0.05, 0.1) is 19.1 Å². The second-order valence-corrected chi connectivity index (χ2v) is 9.25. The Balaban J connectivity index is 2.20. The second-order valence-electron chi connectivity index (χ2n) is 9.25. The van der Waals surface area contributed by atoms with Gasteiger partial charge in [-0.25, -0.2) is 5.06 Å². The third-order valence-corrected chi connectivity index (χ3v) is 7.33. The van der Waals surface area contributed by atoms with Gasteiger partial charge < -0.3 is 5.11 Å². The van der Waals surface area contributed by atoms with Gasteiger partial charge in [-0.05, 0) is 55.3 Å². The first-order valence-electron chi connectivity index (χ1n) is 9.71. The summed E-state index contributed by atoms with van der Waals surface area (Å²) in [6.45, 7) is 11.2. The van der Waals surface area contributed by atoms with E-state index in [0.717, 1.165) is 6.42 Å². The minimum absolute atomic E-state index is 0.168. The van der Waals surface area contributed by atoms with Crippen molar-refractivity contribution in [1.82, 2.24) is 5.06 Å². The fraction of sp³-hybridized carbons (Fsp3) is 0.857. The number of aliphatic hydroxyl groups is 1. The van der Waals surface area contributed by atoms with E-state index in [9.17, 15) is 9.90 Å². The molecule has 0 aromatic carbocycles. The average molecular weight is 352 g/mol. The summed E-state index contributed by atoms with van der Waals surface area (Å²) in [4.78, 5) is 17.3. The number of rotatable bonds is 5. The van der Waals surface area contributed by atoms with Crippen molar-refractivity contribution >= 4 is 5.91 Å². The number of carbonyl (C=O) groups excluding carboxylic acids is 1. The number of amides is 1. The molecule has 2 rings (SSSR count). The Kier molecular flexibility index (Phi) is 6.05. The van der Waals surface area contributed by atoms with Gasteiger partial charge in [0.25, 0.3) is 5.91 Å². The number of carbonyl (C=O) groups is 1. The van der Waals surface area contributed by atoms with Crippen LogP contribution in [0.2, 0.25) is 0 Å². The van der Waals surface area contributed by atoms with Gasteiger partial charge in [0, 0.05) is 7.05 Å². The molecule has 0 bridgehead atoms. The molecule has 2 aliphatic carbocycles. The van der Waals surface area contributed by atoms with Crippen molar-refractivity contribution < 1.29 is 14.7 Å². The fourth-order valence-electron chi connectivity index (χ4n) is 5.58. The maximum atomic E-state index is 12.3. The number of hydroxylamine groups is 2. The van der Waals surface area contributed by atoms with E-state index in [4.69, 9.17) is 4.84 Å². The van der Waals surface area contributed by atoms with Gasteiger partial charge in [-0.2, -0.15) is 0 Å². The molecular formula is C21H37NO3. The predicted octanol–water partition coefficient (Wildman–Crippen LogP) is 4.19. The molecule has 0 aromatic heterocycles. The minimum Gasteiger partial charge on any atom is -0.392 e. The number of allylic oxidation sites excluding steroid dienone is 2. The molecule has 1 N–H and O–H groups in total. The van der Waals surface area contributed by atoms with Crippen molar-refractivity contribution in [3.63, 3.8) is 0 Å². The molecule has 4 nitrogen and oxygen atoms in total. The zero-order valence-electron chi connectivity index (χ0n) is 17.1. The zero-order chi connectivity index (χ0) is 19.0. The summed E-state index contributed by atoms with van der Waals surface area (Å²) in [6, 6.07) is 0. The average Bonchev–Trinajstić information content (AvgIpc) is 2.55. The summed E-state index contributed by atoms with van der Waals surface area (Å²) in [6.07, 6.45) is 7.26. The molecule has 144 valence electrons. The Labute approximate surface area is 153 Å². The molecule has 1 fully saturated rings. The smallest absolute Gasteiger partial charge is 0.251 e. The first-order chi connectivity index (χ1) is 11.5. The highest BCUT2D eigenvalue weighted by Gasteiger charge is 2.52. The van der Waals surface area contributed by atoms with Crippen LogP contribution >= 0.6 is 0 Å². The highest BCUT2D eigenvalue weighted by molar-refractivity contribution is 5.77. The second kappa shape index (κ2) is 7.40. The number of aliphatic hydroxyl groups excluding tert-OH is 1. The van der Waals surface area contributed by atoms with Gasteiger partial charge in [0.15, 0.2) is 0 Å². The number of fused-ring (bicyclic) bond motifs is 1. The van der Waals surface area contributed by atoms with Crippen LogP contribution in [0.25, 0.3) is 0 Å². The number of hydrogen-bond donors (Lipinski definition) is 1. The maximum absolute atomic E-state index is 12.3. The van der Waals surface area contributed by atoms with Crippen LogP contribution in [0.3, 0.4) is 0 Å². The fourth-order valence-corrected chi connectivity index (χ4v) is 5.58. The van der Waals surface area contributed by atoms with Crippen LogP contribution in [-0.2, 0) is 9.63 Å². The molecule has 0 aliphatic heterocycles. The van der Waals surface area contributed by atoms with Gasteiger partial charge in [-0.15, -0.1) is 0 Å². The summed E-state index contributed by atoms with van der Waals surface area (Å²) in [5.74, 6) is 0.350. The van der Waals surface area contributed by atoms with Gasteiger partial charge >= 0.3 is 0 Å². The monoisotopic (exact) mass is 351 g/mol. The maximum Gasteiger partial charge on any atom is 0.251 e. The molecular weight excluding hydrogens is 314 g/mol. The van der Waals surface area contributed by atoms with E-state index in [0.29, 0.717) is 23.7 Å². The first kappa shape index (κ1) is 20.4. The van der Waals surface area contributed by atoms with Crippen molar-refractivity contribution in [2.45, 2.75) is 72.8 Å². The molecule has 0 heterocycles. The van der Waals surface area contributed by atoms with Gasteiger partial charge in [0.2, 0.25) is 0 Å². The summed E-state index contributed by atoms with van der Waals surface area (Å²) >= 11 is 0. The van der Waals surface area contributed by atoms with Crippen LogP contribution in [0, 0.1) is 28.6 Å². The Hall–Kier alpha value is -0.870. The molecule has 0 spiro atoms. The van der Waals surface area contributed by atoms with Crippen molar-refractivity contribution in [2.24, 2.45) is 28.6 Å². The lowest BCUT2D eigenvalue weighted by Crippen LogP contribution is -2.49. The highest BCUT2D eigenvalue weighted by Crippen LogP contribution is 2.60.